The van der Waals surface area contributed by atoms with Crippen LogP contribution in [-0.2, 0) is 4.79 Å². The second-order valence-electron chi connectivity index (χ2n) is 5.71. The molecule has 1 heterocycles. The lowest BCUT2D eigenvalue weighted by atomic mass is 10.1. The van der Waals surface area contributed by atoms with Crippen LogP contribution in [0.5, 0.6) is 17.2 Å². The molecule has 0 saturated heterocycles. The fraction of sp³-hybridized carbons (Fsp3) is 0.200. The van der Waals surface area contributed by atoms with Gasteiger partial charge in [0.05, 0.1) is 7.11 Å². The van der Waals surface area contributed by atoms with E-state index in [9.17, 15) is 9.59 Å². The molecule has 134 valence electrons. The Balaban J connectivity index is 1.81. The molecule has 0 saturated carbocycles. The topological polar surface area (TPSA) is 73.9 Å². The molecule has 26 heavy (non-hydrogen) atoms. The lowest BCUT2D eigenvalue weighted by Crippen LogP contribution is -2.16. The third kappa shape index (κ3) is 4.03. The van der Waals surface area contributed by atoms with Gasteiger partial charge in [-0.2, -0.15) is 0 Å². The zero-order valence-electron chi connectivity index (χ0n) is 14.6. The summed E-state index contributed by atoms with van der Waals surface area (Å²) in [6.45, 7) is 2.36. The van der Waals surface area contributed by atoms with Crippen molar-refractivity contribution < 1.29 is 23.8 Å². The maximum Gasteiger partial charge on any atom is 0.221 e. The summed E-state index contributed by atoms with van der Waals surface area (Å²) >= 11 is 0. The van der Waals surface area contributed by atoms with Crippen LogP contribution in [0.15, 0.2) is 42.5 Å². The zero-order chi connectivity index (χ0) is 18.5. The molecular formula is C20H19NO5. The minimum Gasteiger partial charge on any atom is -0.493 e. The smallest absolute Gasteiger partial charge is 0.221 e. The largest absolute Gasteiger partial charge is 0.493 e. The molecule has 0 atom stereocenters. The van der Waals surface area contributed by atoms with E-state index in [1.54, 1.807) is 49.6 Å². The van der Waals surface area contributed by atoms with Gasteiger partial charge in [-0.05, 0) is 35.9 Å². The number of hydrogen-bond acceptors (Lipinski definition) is 5. The van der Waals surface area contributed by atoms with Gasteiger partial charge in [0.1, 0.15) is 13.2 Å². The third-order valence-corrected chi connectivity index (χ3v) is 3.74. The van der Waals surface area contributed by atoms with Crippen molar-refractivity contribution in [3.63, 3.8) is 0 Å². The summed E-state index contributed by atoms with van der Waals surface area (Å²) in [5.74, 6) is 1.36. The predicted octanol–water partition coefficient (Wildman–Crippen LogP) is 3.32. The number of rotatable bonds is 5. The Labute approximate surface area is 151 Å². The van der Waals surface area contributed by atoms with Gasteiger partial charge in [-0.1, -0.05) is 18.2 Å². The van der Waals surface area contributed by atoms with E-state index in [0.29, 0.717) is 41.7 Å². The van der Waals surface area contributed by atoms with Crippen molar-refractivity contribution in [1.82, 2.24) is 0 Å². The number of amides is 1. The molecule has 3 rings (SSSR count). The first-order valence-electron chi connectivity index (χ1n) is 8.14. The highest BCUT2D eigenvalue weighted by Crippen LogP contribution is 2.40. The standard InChI is InChI=1S/C20H19NO5/c1-13(22)21-16-5-3-4-15(12-16)17(23)7-6-14-10-18(24-2)20-19(11-14)25-8-9-26-20/h3-7,10-12H,8-9H2,1-2H3,(H,21,22). The number of fused-ring (bicyclic) bond motifs is 1. The summed E-state index contributed by atoms with van der Waals surface area (Å²) in [6, 6.07) is 10.4. The monoisotopic (exact) mass is 353 g/mol. The first-order valence-corrected chi connectivity index (χ1v) is 8.14. The Morgan fingerprint density at radius 2 is 1.96 bits per heavy atom. The van der Waals surface area contributed by atoms with Crippen molar-refractivity contribution in [1.29, 1.82) is 0 Å². The number of carbonyl (C=O) groups excluding carboxylic acids is 2. The van der Waals surface area contributed by atoms with Gasteiger partial charge < -0.3 is 19.5 Å². The molecule has 1 aliphatic rings. The van der Waals surface area contributed by atoms with Crippen molar-refractivity contribution in [2.45, 2.75) is 6.92 Å². The Hall–Kier alpha value is -3.28. The fourth-order valence-electron chi connectivity index (χ4n) is 2.61. The Morgan fingerprint density at radius 1 is 1.15 bits per heavy atom. The molecule has 0 bridgehead atoms. The van der Waals surface area contributed by atoms with Gasteiger partial charge in [-0.3, -0.25) is 9.59 Å². The first-order chi connectivity index (χ1) is 12.6. The number of ether oxygens (including phenoxy) is 3. The number of anilines is 1. The van der Waals surface area contributed by atoms with Crippen molar-refractivity contribution >= 4 is 23.5 Å². The summed E-state index contributed by atoms with van der Waals surface area (Å²) < 4.78 is 16.5. The molecule has 1 aliphatic heterocycles. The van der Waals surface area contributed by atoms with Crippen LogP contribution in [0.1, 0.15) is 22.8 Å². The summed E-state index contributed by atoms with van der Waals surface area (Å²) in [5, 5.41) is 2.66. The maximum atomic E-state index is 12.4. The number of benzene rings is 2. The van der Waals surface area contributed by atoms with Crippen LogP contribution in [0.25, 0.3) is 6.08 Å². The van der Waals surface area contributed by atoms with Crippen molar-refractivity contribution in [3.05, 3.63) is 53.6 Å². The van der Waals surface area contributed by atoms with E-state index in [1.165, 1.54) is 13.0 Å². The van der Waals surface area contributed by atoms with Gasteiger partial charge in [0.25, 0.3) is 0 Å². The average molecular weight is 353 g/mol. The van der Waals surface area contributed by atoms with Gasteiger partial charge in [-0.25, -0.2) is 0 Å². The highest BCUT2D eigenvalue weighted by atomic mass is 16.6. The van der Waals surface area contributed by atoms with Crippen LogP contribution in [0, 0.1) is 0 Å². The van der Waals surface area contributed by atoms with Crippen LogP contribution in [0.3, 0.4) is 0 Å². The molecule has 2 aromatic carbocycles. The molecule has 1 amide bonds. The molecule has 0 unspecified atom stereocenters. The Bertz CT molecular complexity index is 855. The number of ketones is 1. The molecular weight excluding hydrogens is 334 g/mol. The van der Waals surface area contributed by atoms with E-state index in [1.807, 2.05) is 0 Å². The number of allylic oxidation sites excluding steroid dienone is 1. The Morgan fingerprint density at radius 3 is 2.73 bits per heavy atom. The van der Waals surface area contributed by atoms with Crippen LogP contribution < -0.4 is 19.5 Å². The van der Waals surface area contributed by atoms with Gasteiger partial charge in [0, 0.05) is 18.2 Å². The molecule has 6 heteroatoms. The minimum absolute atomic E-state index is 0.175. The predicted molar refractivity (Wildman–Crippen MR) is 98.1 cm³/mol. The fourth-order valence-corrected chi connectivity index (χ4v) is 2.61. The molecule has 0 radical (unpaired) electrons. The van der Waals surface area contributed by atoms with E-state index in [4.69, 9.17) is 14.2 Å². The summed E-state index contributed by atoms with van der Waals surface area (Å²) in [6.07, 6.45) is 3.16. The second-order valence-corrected chi connectivity index (χ2v) is 5.71. The van der Waals surface area contributed by atoms with Gasteiger partial charge >= 0.3 is 0 Å². The van der Waals surface area contributed by atoms with E-state index < -0.39 is 0 Å². The van der Waals surface area contributed by atoms with Crippen LogP contribution in [0.4, 0.5) is 5.69 Å². The van der Waals surface area contributed by atoms with Gasteiger partial charge in [0.15, 0.2) is 17.3 Å². The molecule has 0 aliphatic carbocycles. The second kappa shape index (κ2) is 7.74. The lowest BCUT2D eigenvalue weighted by Gasteiger charge is -2.20. The molecule has 0 aromatic heterocycles. The average Bonchev–Trinajstić information content (AvgIpc) is 2.65. The third-order valence-electron chi connectivity index (χ3n) is 3.74. The Kier molecular flexibility index (Phi) is 5.22. The van der Waals surface area contributed by atoms with Crippen molar-refractivity contribution in [2.75, 3.05) is 25.6 Å². The first kappa shape index (κ1) is 17.5. The van der Waals surface area contributed by atoms with E-state index in [2.05, 4.69) is 5.32 Å². The van der Waals surface area contributed by atoms with Crippen molar-refractivity contribution in [2.24, 2.45) is 0 Å². The van der Waals surface area contributed by atoms with E-state index >= 15 is 0 Å². The summed E-state index contributed by atoms with van der Waals surface area (Å²) in [4.78, 5) is 23.6. The highest BCUT2D eigenvalue weighted by molar-refractivity contribution is 6.07. The van der Waals surface area contributed by atoms with Crippen LogP contribution in [0.2, 0.25) is 0 Å². The summed E-state index contributed by atoms with van der Waals surface area (Å²) in [7, 11) is 1.56. The molecule has 6 nitrogen and oxygen atoms in total. The van der Waals surface area contributed by atoms with Crippen LogP contribution in [-0.4, -0.2) is 32.0 Å². The number of carbonyl (C=O) groups is 2. The van der Waals surface area contributed by atoms with Gasteiger partial charge in [0.2, 0.25) is 11.7 Å². The SMILES string of the molecule is COc1cc(C=CC(=O)c2cccc(NC(C)=O)c2)cc2c1OCCO2. The van der Waals surface area contributed by atoms with E-state index in [-0.39, 0.29) is 11.7 Å². The van der Waals surface area contributed by atoms with Crippen molar-refractivity contribution in [3.8, 4) is 17.2 Å². The van der Waals surface area contributed by atoms with Gasteiger partial charge in [-0.15, -0.1) is 0 Å². The summed E-state index contributed by atoms with van der Waals surface area (Å²) in [5.41, 5.74) is 1.83. The number of nitrogens with one attached hydrogen (secondary N) is 1. The molecule has 0 spiro atoms. The zero-order valence-corrected chi connectivity index (χ0v) is 14.6. The maximum absolute atomic E-state index is 12.4. The minimum atomic E-state index is -0.187. The number of hydrogen-bond donors (Lipinski definition) is 1. The molecule has 1 N–H and O–H groups in total. The van der Waals surface area contributed by atoms with E-state index in [0.717, 1.165) is 5.56 Å². The molecule has 0 fully saturated rings. The normalized spacial score (nSPS) is 12.7. The highest BCUT2D eigenvalue weighted by Gasteiger charge is 2.17. The molecule has 2 aromatic rings. The lowest BCUT2D eigenvalue weighted by molar-refractivity contribution is -0.114. The quantitative estimate of drug-likeness (QED) is 0.659. The number of methoxy groups -OCH3 is 1. The van der Waals surface area contributed by atoms with Crippen LogP contribution >= 0.6 is 0 Å².